The van der Waals surface area contributed by atoms with Crippen LogP contribution in [0.4, 0.5) is 0 Å². The van der Waals surface area contributed by atoms with Crippen LogP contribution in [0.1, 0.15) is 60.9 Å². The number of carbonyl (C=O) groups is 2. The number of hydrogen-bond acceptors (Lipinski definition) is 5. The third kappa shape index (κ3) is 5.17. The Hall–Kier alpha value is -2.99. The number of amides is 1. The number of likely N-dealkylation sites (tertiary alicyclic amines) is 1. The van der Waals surface area contributed by atoms with Gasteiger partial charge in [-0.1, -0.05) is 54.4 Å². The molecule has 1 amide bonds. The molecule has 6 nitrogen and oxygen atoms in total. The maximum atomic E-state index is 13.6. The highest BCUT2D eigenvalue weighted by Gasteiger charge is 2.37. The van der Waals surface area contributed by atoms with E-state index in [0.717, 1.165) is 41.7 Å². The standard InChI is InChI=1S/C27H33N3O3/c1-4-33-27(32)24-12-8-9-15-29(24)18-26(31)30-25(21-10-6-5-7-11-21)17-23(28-30)22-16-19(2)13-14-20(22)3/h5-7,10-11,13-14,16,24-25H,4,8-9,12,15,17-18H2,1-3H3. The normalized spacial score (nSPS) is 21.1. The molecule has 174 valence electrons. The summed E-state index contributed by atoms with van der Waals surface area (Å²) in [6.45, 7) is 7.19. The summed E-state index contributed by atoms with van der Waals surface area (Å²) in [6.07, 6.45) is 3.34. The zero-order valence-electron chi connectivity index (χ0n) is 19.8. The van der Waals surface area contributed by atoms with E-state index < -0.39 is 0 Å². The topological polar surface area (TPSA) is 62.2 Å². The fourth-order valence-electron chi connectivity index (χ4n) is 4.82. The maximum Gasteiger partial charge on any atom is 0.323 e. The van der Waals surface area contributed by atoms with Crippen LogP contribution in [0.5, 0.6) is 0 Å². The Morgan fingerprint density at radius 2 is 1.88 bits per heavy atom. The van der Waals surface area contributed by atoms with Crippen molar-refractivity contribution >= 4 is 17.6 Å². The number of nitrogens with zero attached hydrogens (tertiary/aromatic N) is 3. The number of ether oxygens (including phenoxy) is 1. The Morgan fingerprint density at radius 1 is 1.09 bits per heavy atom. The lowest BCUT2D eigenvalue weighted by Gasteiger charge is -2.34. The van der Waals surface area contributed by atoms with E-state index in [4.69, 9.17) is 9.84 Å². The molecule has 0 bridgehead atoms. The van der Waals surface area contributed by atoms with Crippen LogP contribution < -0.4 is 0 Å². The van der Waals surface area contributed by atoms with Crippen molar-refractivity contribution in [2.24, 2.45) is 5.10 Å². The molecule has 0 aliphatic carbocycles. The van der Waals surface area contributed by atoms with Gasteiger partial charge in [-0.05, 0) is 57.4 Å². The average molecular weight is 448 g/mol. The molecule has 2 heterocycles. The van der Waals surface area contributed by atoms with Crippen molar-refractivity contribution in [2.45, 2.75) is 58.5 Å². The summed E-state index contributed by atoms with van der Waals surface area (Å²) in [7, 11) is 0. The first-order valence-corrected chi connectivity index (χ1v) is 11.9. The maximum absolute atomic E-state index is 13.6. The van der Waals surface area contributed by atoms with Crippen LogP contribution in [0.15, 0.2) is 53.6 Å². The molecule has 0 saturated carbocycles. The predicted molar refractivity (Wildman–Crippen MR) is 129 cm³/mol. The van der Waals surface area contributed by atoms with Gasteiger partial charge in [-0.2, -0.15) is 5.10 Å². The van der Waals surface area contributed by atoms with Gasteiger partial charge < -0.3 is 4.74 Å². The molecule has 2 aliphatic heterocycles. The first kappa shape index (κ1) is 23.2. The van der Waals surface area contributed by atoms with E-state index in [1.54, 1.807) is 5.01 Å². The number of hydrazone groups is 1. The number of benzene rings is 2. The molecule has 2 atom stereocenters. The molecule has 2 aromatic carbocycles. The van der Waals surface area contributed by atoms with E-state index in [1.807, 2.05) is 30.0 Å². The highest BCUT2D eigenvalue weighted by atomic mass is 16.5. The molecule has 1 fully saturated rings. The number of carbonyl (C=O) groups excluding carboxylic acids is 2. The van der Waals surface area contributed by atoms with Gasteiger partial charge in [-0.25, -0.2) is 5.01 Å². The lowest BCUT2D eigenvalue weighted by Crippen LogP contribution is -2.49. The van der Waals surface area contributed by atoms with Gasteiger partial charge in [0.05, 0.1) is 24.9 Å². The number of piperidine rings is 1. The fraction of sp³-hybridized carbons (Fsp3) is 0.444. The third-order valence-electron chi connectivity index (χ3n) is 6.56. The molecule has 6 heteroatoms. The van der Waals surface area contributed by atoms with Crippen LogP contribution in [0, 0.1) is 13.8 Å². The fourth-order valence-corrected chi connectivity index (χ4v) is 4.82. The van der Waals surface area contributed by atoms with Crippen molar-refractivity contribution in [3.8, 4) is 0 Å². The van der Waals surface area contributed by atoms with Crippen molar-refractivity contribution in [2.75, 3.05) is 19.7 Å². The van der Waals surface area contributed by atoms with Crippen LogP contribution >= 0.6 is 0 Å². The van der Waals surface area contributed by atoms with E-state index in [2.05, 4.69) is 44.2 Å². The number of aryl methyl sites for hydroxylation is 2. The number of esters is 1. The Balaban J connectivity index is 1.61. The second-order valence-electron chi connectivity index (χ2n) is 8.97. The quantitative estimate of drug-likeness (QED) is 0.616. The zero-order valence-corrected chi connectivity index (χ0v) is 19.8. The van der Waals surface area contributed by atoms with Crippen LogP contribution in [0.25, 0.3) is 0 Å². The first-order chi connectivity index (χ1) is 16.0. The summed E-state index contributed by atoms with van der Waals surface area (Å²) >= 11 is 0. The Morgan fingerprint density at radius 3 is 2.64 bits per heavy atom. The molecule has 33 heavy (non-hydrogen) atoms. The van der Waals surface area contributed by atoms with Crippen molar-refractivity contribution in [3.05, 3.63) is 70.8 Å². The van der Waals surface area contributed by atoms with Gasteiger partial charge in [0.2, 0.25) is 0 Å². The summed E-state index contributed by atoms with van der Waals surface area (Å²) in [5, 5.41) is 6.49. The van der Waals surface area contributed by atoms with Gasteiger partial charge in [-0.15, -0.1) is 0 Å². The number of hydrogen-bond donors (Lipinski definition) is 0. The van der Waals surface area contributed by atoms with Crippen molar-refractivity contribution in [1.82, 2.24) is 9.91 Å². The van der Waals surface area contributed by atoms with Crippen LogP contribution in [0.3, 0.4) is 0 Å². The van der Waals surface area contributed by atoms with Gasteiger partial charge in [0.1, 0.15) is 6.04 Å². The largest absolute Gasteiger partial charge is 0.465 e. The monoisotopic (exact) mass is 447 g/mol. The second kappa shape index (κ2) is 10.3. The summed E-state index contributed by atoms with van der Waals surface area (Å²) in [5.41, 5.74) is 5.41. The van der Waals surface area contributed by atoms with E-state index in [0.29, 0.717) is 19.6 Å². The van der Waals surface area contributed by atoms with Crippen LogP contribution in [-0.2, 0) is 14.3 Å². The van der Waals surface area contributed by atoms with E-state index >= 15 is 0 Å². The average Bonchev–Trinajstić information content (AvgIpc) is 3.27. The lowest BCUT2D eigenvalue weighted by atomic mass is 9.95. The molecule has 1 saturated heterocycles. The smallest absolute Gasteiger partial charge is 0.323 e. The number of rotatable bonds is 6. The van der Waals surface area contributed by atoms with Gasteiger partial charge in [-0.3, -0.25) is 14.5 Å². The molecule has 2 aliphatic rings. The highest BCUT2D eigenvalue weighted by molar-refractivity contribution is 6.04. The molecule has 0 radical (unpaired) electrons. The highest BCUT2D eigenvalue weighted by Crippen LogP contribution is 2.34. The Bertz CT molecular complexity index is 1030. The predicted octanol–water partition coefficient (Wildman–Crippen LogP) is 4.40. The van der Waals surface area contributed by atoms with E-state index in [9.17, 15) is 9.59 Å². The molecule has 2 unspecified atom stereocenters. The molecule has 2 aromatic rings. The molecule has 0 aromatic heterocycles. The first-order valence-electron chi connectivity index (χ1n) is 11.9. The minimum atomic E-state index is -0.358. The van der Waals surface area contributed by atoms with Crippen LogP contribution in [0.2, 0.25) is 0 Å². The summed E-state index contributed by atoms with van der Waals surface area (Å²) in [4.78, 5) is 28.0. The Labute approximate surface area is 196 Å². The van der Waals surface area contributed by atoms with E-state index in [1.165, 1.54) is 5.56 Å². The third-order valence-corrected chi connectivity index (χ3v) is 6.56. The van der Waals surface area contributed by atoms with Gasteiger partial charge in [0.15, 0.2) is 0 Å². The van der Waals surface area contributed by atoms with Gasteiger partial charge in [0.25, 0.3) is 5.91 Å². The minimum Gasteiger partial charge on any atom is -0.465 e. The molecule has 0 spiro atoms. The summed E-state index contributed by atoms with van der Waals surface area (Å²) in [6, 6.07) is 15.9. The minimum absolute atomic E-state index is 0.0830. The lowest BCUT2D eigenvalue weighted by molar-refractivity contribution is -0.152. The van der Waals surface area contributed by atoms with Crippen molar-refractivity contribution in [1.29, 1.82) is 0 Å². The van der Waals surface area contributed by atoms with Crippen molar-refractivity contribution < 1.29 is 14.3 Å². The summed E-state index contributed by atoms with van der Waals surface area (Å²) < 4.78 is 5.28. The van der Waals surface area contributed by atoms with Gasteiger partial charge >= 0.3 is 5.97 Å². The van der Waals surface area contributed by atoms with Gasteiger partial charge in [0, 0.05) is 12.0 Å². The molecule has 4 rings (SSSR count). The molecular formula is C27H33N3O3. The van der Waals surface area contributed by atoms with Crippen molar-refractivity contribution in [3.63, 3.8) is 0 Å². The van der Waals surface area contributed by atoms with Crippen LogP contribution in [-0.4, -0.2) is 53.2 Å². The molecule has 0 N–H and O–H groups in total. The SMILES string of the molecule is CCOC(=O)C1CCCCN1CC(=O)N1N=C(c2cc(C)ccc2C)CC1c1ccccc1. The second-order valence-corrected chi connectivity index (χ2v) is 8.97. The zero-order chi connectivity index (χ0) is 23.4. The summed E-state index contributed by atoms with van der Waals surface area (Å²) in [5.74, 6) is -0.314. The molecular weight excluding hydrogens is 414 g/mol. The van der Waals surface area contributed by atoms with E-state index in [-0.39, 0.29) is 30.5 Å². The Kier molecular flexibility index (Phi) is 7.23.